The summed E-state index contributed by atoms with van der Waals surface area (Å²) in [7, 11) is 0. The number of ether oxygens (including phenoxy) is 1. The predicted octanol–water partition coefficient (Wildman–Crippen LogP) is 1.81. The van der Waals surface area contributed by atoms with E-state index in [2.05, 4.69) is 5.32 Å². The first kappa shape index (κ1) is 19.2. The van der Waals surface area contributed by atoms with Gasteiger partial charge >= 0.3 is 0 Å². The molecular weight excluding hydrogens is 358 g/mol. The van der Waals surface area contributed by atoms with Crippen molar-refractivity contribution in [1.82, 2.24) is 9.88 Å². The van der Waals surface area contributed by atoms with E-state index in [4.69, 9.17) is 10.5 Å². The van der Waals surface area contributed by atoms with E-state index < -0.39 is 11.7 Å². The molecule has 7 heteroatoms. The first-order chi connectivity index (χ1) is 13.5. The number of carbonyl (C=O) groups excluding carboxylic acids is 3. The number of hydrogen-bond acceptors (Lipinski definition) is 4. The number of ketones is 1. The molecule has 0 unspecified atom stereocenters. The lowest BCUT2D eigenvalue weighted by atomic mass is 10.1. The molecule has 0 saturated heterocycles. The van der Waals surface area contributed by atoms with Gasteiger partial charge in [-0.05, 0) is 24.6 Å². The molecule has 2 amide bonds. The topological polar surface area (TPSA) is 103 Å². The molecule has 0 atom stereocenters. The van der Waals surface area contributed by atoms with Crippen molar-refractivity contribution in [2.24, 2.45) is 5.73 Å². The summed E-state index contributed by atoms with van der Waals surface area (Å²) in [5, 5.41) is 3.37. The lowest BCUT2D eigenvalue weighted by molar-refractivity contribution is -0.121. The molecule has 0 fully saturated rings. The lowest BCUT2D eigenvalue weighted by Gasteiger charge is -2.10. The van der Waals surface area contributed by atoms with Crippen molar-refractivity contribution in [3.05, 3.63) is 65.9 Å². The van der Waals surface area contributed by atoms with Crippen molar-refractivity contribution >= 4 is 28.5 Å². The fraction of sp³-hybridized carbons (Fsp3) is 0.190. The number of Topliss-reactive ketones (excluding diaryl/α,β-unsaturated/α-hetero) is 1. The quantitative estimate of drug-likeness (QED) is 0.354. The van der Waals surface area contributed by atoms with Crippen LogP contribution in [0.25, 0.3) is 10.9 Å². The number of nitrogens with one attached hydrogen (secondary N) is 1. The summed E-state index contributed by atoms with van der Waals surface area (Å²) in [6.07, 6.45) is 1.49. The van der Waals surface area contributed by atoms with Crippen LogP contribution in [0.3, 0.4) is 0 Å². The Morgan fingerprint density at radius 3 is 2.54 bits per heavy atom. The van der Waals surface area contributed by atoms with Gasteiger partial charge in [0.25, 0.3) is 11.7 Å². The Balaban J connectivity index is 1.62. The highest BCUT2D eigenvalue weighted by Gasteiger charge is 2.19. The third-order valence-corrected chi connectivity index (χ3v) is 4.35. The summed E-state index contributed by atoms with van der Waals surface area (Å²) in [4.78, 5) is 35.6. The van der Waals surface area contributed by atoms with Gasteiger partial charge in [0.15, 0.2) is 0 Å². The number of primary amides is 1. The van der Waals surface area contributed by atoms with E-state index in [0.29, 0.717) is 24.1 Å². The van der Waals surface area contributed by atoms with Gasteiger partial charge in [0.2, 0.25) is 5.91 Å². The summed E-state index contributed by atoms with van der Waals surface area (Å²) in [5.74, 6) is -1.25. The van der Waals surface area contributed by atoms with Crippen LogP contribution in [0, 0.1) is 6.92 Å². The van der Waals surface area contributed by atoms with Crippen LogP contribution in [0.2, 0.25) is 0 Å². The normalized spacial score (nSPS) is 10.6. The molecule has 1 heterocycles. The third kappa shape index (κ3) is 4.20. The largest absolute Gasteiger partial charge is 0.491 e. The Kier molecular flexibility index (Phi) is 5.74. The summed E-state index contributed by atoms with van der Waals surface area (Å²) in [6.45, 7) is 2.65. The van der Waals surface area contributed by atoms with E-state index in [0.717, 1.165) is 11.3 Å². The SMILES string of the molecule is Cc1ccccc1OCCNC(=O)Cn1cc(C(=O)C(N)=O)c2ccccc21. The van der Waals surface area contributed by atoms with Gasteiger partial charge in [0.05, 0.1) is 12.1 Å². The van der Waals surface area contributed by atoms with E-state index in [-0.39, 0.29) is 18.0 Å². The molecule has 144 valence electrons. The number of aromatic nitrogens is 1. The van der Waals surface area contributed by atoms with E-state index in [1.807, 2.05) is 31.2 Å². The van der Waals surface area contributed by atoms with Gasteiger partial charge in [0, 0.05) is 17.1 Å². The zero-order valence-corrected chi connectivity index (χ0v) is 15.5. The average Bonchev–Trinajstić information content (AvgIpc) is 3.04. The second kappa shape index (κ2) is 8.39. The van der Waals surface area contributed by atoms with Crippen LogP contribution >= 0.6 is 0 Å². The monoisotopic (exact) mass is 379 g/mol. The summed E-state index contributed by atoms with van der Waals surface area (Å²) < 4.78 is 7.28. The number of aryl methyl sites for hydroxylation is 1. The predicted molar refractivity (Wildman–Crippen MR) is 105 cm³/mol. The maximum Gasteiger partial charge on any atom is 0.289 e. The lowest BCUT2D eigenvalue weighted by Crippen LogP contribution is -2.31. The van der Waals surface area contributed by atoms with Crippen LogP contribution in [0.15, 0.2) is 54.7 Å². The number of hydrogen-bond donors (Lipinski definition) is 2. The van der Waals surface area contributed by atoms with Crippen molar-refractivity contribution in [3.8, 4) is 5.75 Å². The number of rotatable bonds is 8. The number of amides is 2. The number of benzene rings is 2. The first-order valence-corrected chi connectivity index (χ1v) is 8.84. The molecule has 2 aromatic carbocycles. The molecule has 0 spiro atoms. The average molecular weight is 379 g/mol. The highest BCUT2D eigenvalue weighted by atomic mass is 16.5. The molecule has 0 aliphatic heterocycles. The molecule has 28 heavy (non-hydrogen) atoms. The van der Waals surface area contributed by atoms with Crippen LogP contribution in [-0.2, 0) is 16.1 Å². The second-order valence-corrected chi connectivity index (χ2v) is 6.35. The minimum absolute atomic E-state index is 0.0108. The van der Waals surface area contributed by atoms with E-state index in [1.54, 1.807) is 28.8 Å². The zero-order valence-electron chi connectivity index (χ0n) is 15.5. The third-order valence-electron chi connectivity index (χ3n) is 4.35. The molecule has 0 bridgehead atoms. The van der Waals surface area contributed by atoms with Gasteiger partial charge < -0.3 is 20.4 Å². The Morgan fingerprint density at radius 2 is 1.79 bits per heavy atom. The van der Waals surface area contributed by atoms with Gasteiger partial charge in [-0.15, -0.1) is 0 Å². The van der Waals surface area contributed by atoms with E-state index in [1.165, 1.54) is 6.20 Å². The van der Waals surface area contributed by atoms with Crippen LogP contribution < -0.4 is 15.8 Å². The number of nitrogens with two attached hydrogens (primary N) is 1. The number of fused-ring (bicyclic) bond motifs is 1. The van der Waals surface area contributed by atoms with Gasteiger partial charge in [0.1, 0.15) is 18.9 Å². The van der Waals surface area contributed by atoms with Crippen molar-refractivity contribution in [2.75, 3.05) is 13.2 Å². The van der Waals surface area contributed by atoms with Gasteiger partial charge in [-0.3, -0.25) is 14.4 Å². The van der Waals surface area contributed by atoms with Crippen molar-refractivity contribution in [2.45, 2.75) is 13.5 Å². The smallest absolute Gasteiger partial charge is 0.289 e. The maximum atomic E-state index is 12.3. The fourth-order valence-electron chi connectivity index (χ4n) is 2.97. The number of carbonyl (C=O) groups is 3. The fourth-order valence-corrected chi connectivity index (χ4v) is 2.97. The van der Waals surface area contributed by atoms with Crippen LogP contribution in [0.5, 0.6) is 5.75 Å². The Morgan fingerprint density at radius 1 is 1.07 bits per heavy atom. The van der Waals surface area contributed by atoms with Crippen molar-refractivity contribution < 1.29 is 19.1 Å². The number of para-hydroxylation sites is 2. The molecule has 0 aliphatic rings. The summed E-state index contributed by atoms with van der Waals surface area (Å²) in [6, 6.07) is 14.7. The van der Waals surface area contributed by atoms with E-state index >= 15 is 0 Å². The second-order valence-electron chi connectivity index (χ2n) is 6.35. The minimum atomic E-state index is -1.03. The van der Waals surface area contributed by atoms with Crippen LogP contribution in [0.4, 0.5) is 0 Å². The van der Waals surface area contributed by atoms with Gasteiger partial charge in [-0.1, -0.05) is 36.4 Å². The van der Waals surface area contributed by atoms with E-state index in [9.17, 15) is 14.4 Å². The van der Waals surface area contributed by atoms with Crippen LogP contribution in [0.1, 0.15) is 15.9 Å². The van der Waals surface area contributed by atoms with Crippen LogP contribution in [-0.4, -0.2) is 35.3 Å². The highest BCUT2D eigenvalue weighted by Crippen LogP contribution is 2.21. The first-order valence-electron chi connectivity index (χ1n) is 8.84. The van der Waals surface area contributed by atoms with Crippen molar-refractivity contribution in [1.29, 1.82) is 0 Å². The molecule has 0 aliphatic carbocycles. The maximum absolute atomic E-state index is 12.3. The molecule has 3 aromatic rings. The molecule has 0 radical (unpaired) electrons. The molecule has 3 N–H and O–H groups in total. The van der Waals surface area contributed by atoms with Gasteiger partial charge in [-0.2, -0.15) is 0 Å². The standard InChI is InChI=1S/C21H21N3O4/c1-14-6-2-5-9-18(14)28-11-10-23-19(25)13-24-12-16(20(26)21(22)27)15-7-3-4-8-17(15)24/h2-9,12H,10-11,13H2,1H3,(H2,22,27)(H,23,25). The Hall–Kier alpha value is -3.61. The zero-order chi connectivity index (χ0) is 20.1. The van der Waals surface area contributed by atoms with Crippen molar-refractivity contribution in [3.63, 3.8) is 0 Å². The molecule has 7 nitrogen and oxygen atoms in total. The Bertz CT molecular complexity index is 1040. The summed E-state index contributed by atoms with van der Waals surface area (Å²) in [5.41, 5.74) is 7.02. The minimum Gasteiger partial charge on any atom is -0.491 e. The highest BCUT2D eigenvalue weighted by molar-refractivity contribution is 6.44. The molecule has 0 saturated carbocycles. The number of nitrogens with zero attached hydrogens (tertiary/aromatic N) is 1. The molecular formula is C21H21N3O4. The van der Waals surface area contributed by atoms with Gasteiger partial charge in [-0.25, -0.2) is 0 Å². The molecule has 1 aromatic heterocycles. The summed E-state index contributed by atoms with van der Waals surface area (Å²) >= 11 is 0. The molecule has 3 rings (SSSR count). The Labute approximate surface area is 162 Å².